The van der Waals surface area contributed by atoms with E-state index in [2.05, 4.69) is 16.6 Å². The molecule has 21 heavy (non-hydrogen) atoms. The summed E-state index contributed by atoms with van der Waals surface area (Å²) in [6, 6.07) is 4.67. The number of nitrogens with one attached hydrogen (secondary N) is 1. The summed E-state index contributed by atoms with van der Waals surface area (Å²) in [7, 11) is -2.10. The molecule has 1 aromatic carbocycles. The molecule has 5 nitrogen and oxygen atoms in total. The van der Waals surface area contributed by atoms with E-state index in [0.29, 0.717) is 24.2 Å². The molecule has 1 unspecified atom stereocenters. The summed E-state index contributed by atoms with van der Waals surface area (Å²) in [5.41, 5.74) is 1.19. The van der Waals surface area contributed by atoms with E-state index in [4.69, 9.17) is 9.84 Å². The van der Waals surface area contributed by atoms with E-state index in [1.807, 2.05) is 6.92 Å². The number of aliphatic hydroxyl groups is 1. The van der Waals surface area contributed by atoms with Crippen LogP contribution in [0.1, 0.15) is 24.5 Å². The third-order valence-electron chi connectivity index (χ3n) is 2.97. The van der Waals surface area contributed by atoms with Crippen LogP contribution >= 0.6 is 0 Å². The Bertz CT molecular complexity index is 629. The van der Waals surface area contributed by atoms with Gasteiger partial charge in [-0.1, -0.05) is 24.8 Å². The molecular weight excluding hydrogens is 290 g/mol. The molecule has 0 fully saturated rings. The van der Waals surface area contributed by atoms with Crippen molar-refractivity contribution < 1.29 is 18.3 Å². The number of ether oxygens (including phenoxy) is 1. The lowest BCUT2D eigenvalue weighted by Crippen LogP contribution is -2.37. The van der Waals surface area contributed by atoms with Crippen molar-refractivity contribution in [3.63, 3.8) is 0 Å². The number of aryl methyl sites for hydroxylation is 1. The third kappa shape index (κ3) is 5.14. The van der Waals surface area contributed by atoms with Gasteiger partial charge in [-0.3, -0.25) is 0 Å². The second kappa shape index (κ2) is 8.15. The molecule has 0 amide bonds. The summed E-state index contributed by atoms with van der Waals surface area (Å²) >= 11 is 0. The molecule has 1 aromatic rings. The first kappa shape index (κ1) is 17.7. The van der Waals surface area contributed by atoms with Crippen LogP contribution in [0.3, 0.4) is 0 Å². The van der Waals surface area contributed by atoms with Crippen LogP contribution in [0.25, 0.3) is 0 Å². The molecule has 0 bridgehead atoms. The van der Waals surface area contributed by atoms with Gasteiger partial charge in [0.2, 0.25) is 10.0 Å². The van der Waals surface area contributed by atoms with Crippen LogP contribution in [0.15, 0.2) is 23.1 Å². The first-order chi connectivity index (χ1) is 9.94. The van der Waals surface area contributed by atoms with E-state index >= 15 is 0 Å². The smallest absolute Gasteiger partial charge is 0.241 e. The molecule has 0 aliphatic carbocycles. The average molecular weight is 311 g/mol. The molecular formula is C15H21NO4S. The number of sulfonamides is 1. The van der Waals surface area contributed by atoms with E-state index in [0.717, 1.165) is 0 Å². The van der Waals surface area contributed by atoms with Crippen LogP contribution in [0, 0.1) is 18.8 Å². The maximum Gasteiger partial charge on any atom is 0.241 e. The Balaban J connectivity index is 3.12. The molecule has 0 spiro atoms. The summed E-state index contributed by atoms with van der Waals surface area (Å²) in [5.74, 6) is 5.21. The highest BCUT2D eigenvalue weighted by Crippen LogP contribution is 2.17. The van der Waals surface area contributed by atoms with Gasteiger partial charge in [-0.2, -0.15) is 0 Å². The van der Waals surface area contributed by atoms with Crippen molar-refractivity contribution in [1.82, 2.24) is 4.72 Å². The van der Waals surface area contributed by atoms with Crippen molar-refractivity contribution in [1.29, 1.82) is 0 Å². The summed E-state index contributed by atoms with van der Waals surface area (Å²) in [5, 5.41) is 8.70. The van der Waals surface area contributed by atoms with Gasteiger partial charge in [0.15, 0.2) is 0 Å². The van der Waals surface area contributed by atoms with Gasteiger partial charge in [-0.15, -0.1) is 0 Å². The predicted octanol–water partition coefficient (Wildman–Crippen LogP) is 1.04. The van der Waals surface area contributed by atoms with Gasteiger partial charge >= 0.3 is 0 Å². The van der Waals surface area contributed by atoms with E-state index in [1.165, 1.54) is 13.2 Å². The summed E-state index contributed by atoms with van der Waals surface area (Å²) in [6.45, 7) is 3.68. The molecule has 1 atom stereocenters. The Labute approximate surface area is 126 Å². The van der Waals surface area contributed by atoms with Gasteiger partial charge in [0.1, 0.15) is 6.61 Å². The summed E-state index contributed by atoms with van der Waals surface area (Å²) < 4.78 is 32.6. The third-order valence-corrected chi connectivity index (χ3v) is 4.63. The van der Waals surface area contributed by atoms with Crippen molar-refractivity contribution in [2.75, 3.05) is 20.3 Å². The largest absolute Gasteiger partial charge is 0.384 e. The molecule has 6 heteroatoms. The monoisotopic (exact) mass is 311 g/mol. The van der Waals surface area contributed by atoms with E-state index in [-0.39, 0.29) is 17.5 Å². The molecule has 1 rings (SSSR count). The van der Waals surface area contributed by atoms with Gasteiger partial charge in [0, 0.05) is 18.7 Å². The highest BCUT2D eigenvalue weighted by molar-refractivity contribution is 7.89. The molecule has 116 valence electrons. The Morgan fingerprint density at radius 2 is 2.14 bits per heavy atom. The van der Waals surface area contributed by atoms with Gasteiger partial charge < -0.3 is 9.84 Å². The van der Waals surface area contributed by atoms with Crippen molar-refractivity contribution in [3.8, 4) is 11.8 Å². The van der Waals surface area contributed by atoms with Gasteiger partial charge in [0.05, 0.1) is 11.5 Å². The lowest BCUT2D eigenvalue weighted by Gasteiger charge is -2.17. The molecule has 2 N–H and O–H groups in total. The molecule has 0 heterocycles. The normalized spacial score (nSPS) is 12.6. The highest BCUT2D eigenvalue weighted by Gasteiger charge is 2.21. The highest BCUT2D eigenvalue weighted by atomic mass is 32.2. The van der Waals surface area contributed by atoms with Crippen molar-refractivity contribution in [2.24, 2.45) is 0 Å². The molecule has 0 aliphatic rings. The summed E-state index contributed by atoms with van der Waals surface area (Å²) in [4.78, 5) is 0.196. The number of hydrogen-bond donors (Lipinski definition) is 2. The van der Waals surface area contributed by atoms with Crippen LogP contribution in [-0.2, 0) is 14.8 Å². The molecule has 0 aromatic heterocycles. The fraction of sp³-hybridized carbons (Fsp3) is 0.467. The molecule has 0 radical (unpaired) electrons. The Kier molecular flexibility index (Phi) is 6.85. The fourth-order valence-electron chi connectivity index (χ4n) is 1.83. The van der Waals surface area contributed by atoms with Crippen LogP contribution in [0.4, 0.5) is 0 Å². The minimum atomic E-state index is -3.63. The number of aliphatic hydroxyl groups excluding tert-OH is 1. The standard InChI is InChI=1S/C15H21NO4S/c1-4-14(11-20-3)16-21(18,19)15-10-13(6-5-9-17)8-7-12(15)2/h7-8,10,14,16-17H,4,9,11H2,1-3H3. The van der Waals surface area contributed by atoms with E-state index < -0.39 is 10.0 Å². The van der Waals surface area contributed by atoms with Crippen molar-refractivity contribution in [2.45, 2.75) is 31.2 Å². The quantitative estimate of drug-likeness (QED) is 0.770. The number of hydrogen-bond acceptors (Lipinski definition) is 4. The first-order valence-corrected chi connectivity index (χ1v) is 8.14. The summed E-state index contributed by atoms with van der Waals surface area (Å²) in [6.07, 6.45) is 0.635. The second-order valence-electron chi connectivity index (χ2n) is 4.62. The van der Waals surface area contributed by atoms with Gasteiger partial charge in [-0.05, 0) is 31.0 Å². The minimum absolute atomic E-state index is 0.196. The lowest BCUT2D eigenvalue weighted by atomic mass is 10.1. The predicted molar refractivity (Wildman–Crippen MR) is 81.4 cm³/mol. The average Bonchev–Trinajstić information content (AvgIpc) is 2.45. The van der Waals surface area contributed by atoms with Crippen molar-refractivity contribution >= 4 is 10.0 Å². The Morgan fingerprint density at radius 1 is 1.43 bits per heavy atom. The Hall–Kier alpha value is -1.39. The SMILES string of the molecule is CCC(COC)NS(=O)(=O)c1cc(C#CCO)ccc1C. The number of benzene rings is 1. The topological polar surface area (TPSA) is 75.6 Å². The van der Waals surface area contributed by atoms with Crippen molar-refractivity contribution in [3.05, 3.63) is 29.3 Å². The zero-order valence-electron chi connectivity index (χ0n) is 12.5. The number of methoxy groups -OCH3 is 1. The van der Waals surface area contributed by atoms with Gasteiger partial charge in [0.25, 0.3) is 0 Å². The van der Waals surface area contributed by atoms with Crippen LogP contribution in [-0.4, -0.2) is 39.9 Å². The Morgan fingerprint density at radius 3 is 2.71 bits per heavy atom. The van der Waals surface area contributed by atoms with Crippen LogP contribution in [0.5, 0.6) is 0 Å². The zero-order valence-corrected chi connectivity index (χ0v) is 13.3. The molecule has 0 aliphatic heterocycles. The van der Waals surface area contributed by atoms with E-state index in [9.17, 15) is 8.42 Å². The molecule has 0 saturated heterocycles. The zero-order chi connectivity index (χ0) is 15.9. The lowest BCUT2D eigenvalue weighted by molar-refractivity contribution is 0.173. The maximum atomic E-state index is 12.5. The number of rotatable bonds is 6. The first-order valence-electron chi connectivity index (χ1n) is 6.66. The molecule has 0 saturated carbocycles. The van der Waals surface area contributed by atoms with E-state index in [1.54, 1.807) is 19.1 Å². The van der Waals surface area contributed by atoms with Gasteiger partial charge in [-0.25, -0.2) is 13.1 Å². The fourth-order valence-corrected chi connectivity index (χ4v) is 3.40. The van der Waals surface area contributed by atoms with Crippen LogP contribution in [0.2, 0.25) is 0 Å². The second-order valence-corrected chi connectivity index (χ2v) is 6.30. The maximum absolute atomic E-state index is 12.5. The minimum Gasteiger partial charge on any atom is -0.384 e. The van der Waals surface area contributed by atoms with Crippen LogP contribution < -0.4 is 4.72 Å².